The summed E-state index contributed by atoms with van der Waals surface area (Å²) >= 11 is 5.20. The van der Waals surface area contributed by atoms with Crippen molar-refractivity contribution < 1.29 is 0 Å². The molecule has 1 aromatic heterocycles. The van der Waals surface area contributed by atoms with Crippen LogP contribution in [0.5, 0.6) is 0 Å². The van der Waals surface area contributed by atoms with Crippen molar-refractivity contribution in [1.82, 2.24) is 9.97 Å². The number of nitrogens with one attached hydrogen (secondary N) is 1. The number of rotatable bonds is 4. The zero-order chi connectivity index (χ0) is 9.68. The molecule has 0 fully saturated rings. The molecule has 0 aliphatic carbocycles. The quantitative estimate of drug-likeness (QED) is 0.668. The third-order valence-electron chi connectivity index (χ3n) is 1.44. The van der Waals surface area contributed by atoms with Crippen molar-refractivity contribution in [3.05, 3.63) is 10.8 Å². The molecule has 0 aliphatic heterocycles. The Morgan fingerprint density at radius 3 is 2.92 bits per heavy atom. The SMILES string of the molecule is CCCSc1ncnc(NC)c1Br. The minimum atomic E-state index is 0.841. The van der Waals surface area contributed by atoms with E-state index in [0.717, 1.165) is 27.5 Å². The highest BCUT2D eigenvalue weighted by molar-refractivity contribution is 9.10. The lowest BCUT2D eigenvalue weighted by molar-refractivity contribution is 1.02. The summed E-state index contributed by atoms with van der Waals surface area (Å²) in [7, 11) is 1.85. The van der Waals surface area contributed by atoms with Gasteiger partial charge in [-0.25, -0.2) is 9.97 Å². The van der Waals surface area contributed by atoms with Crippen LogP contribution in [0.3, 0.4) is 0 Å². The predicted octanol–water partition coefficient (Wildman–Crippen LogP) is 2.78. The summed E-state index contributed by atoms with van der Waals surface area (Å²) in [5, 5.41) is 4.00. The zero-order valence-electron chi connectivity index (χ0n) is 7.67. The highest BCUT2D eigenvalue weighted by Gasteiger charge is 2.06. The average Bonchev–Trinajstić information content (AvgIpc) is 2.16. The summed E-state index contributed by atoms with van der Waals surface area (Å²) in [6, 6.07) is 0. The third-order valence-corrected chi connectivity index (χ3v) is 3.65. The van der Waals surface area contributed by atoms with E-state index in [1.54, 1.807) is 18.1 Å². The van der Waals surface area contributed by atoms with Gasteiger partial charge in [-0.05, 0) is 28.1 Å². The molecule has 0 saturated heterocycles. The average molecular weight is 262 g/mol. The lowest BCUT2D eigenvalue weighted by Gasteiger charge is -2.05. The van der Waals surface area contributed by atoms with Crippen molar-refractivity contribution in [3.63, 3.8) is 0 Å². The largest absolute Gasteiger partial charge is 0.372 e. The monoisotopic (exact) mass is 261 g/mol. The Labute approximate surface area is 90.9 Å². The summed E-state index contributed by atoms with van der Waals surface area (Å²) in [4.78, 5) is 8.27. The summed E-state index contributed by atoms with van der Waals surface area (Å²) in [5.41, 5.74) is 0. The van der Waals surface area contributed by atoms with E-state index in [4.69, 9.17) is 0 Å². The van der Waals surface area contributed by atoms with Crippen LogP contribution in [0.4, 0.5) is 5.82 Å². The predicted molar refractivity (Wildman–Crippen MR) is 60.3 cm³/mol. The fourth-order valence-electron chi connectivity index (χ4n) is 0.827. The molecule has 0 aromatic carbocycles. The van der Waals surface area contributed by atoms with E-state index in [9.17, 15) is 0 Å². The Morgan fingerprint density at radius 1 is 1.54 bits per heavy atom. The molecule has 1 aromatic rings. The van der Waals surface area contributed by atoms with E-state index in [1.165, 1.54) is 0 Å². The van der Waals surface area contributed by atoms with Gasteiger partial charge in [0, 0.05) is 7.05 Å². The molecule has 0 aliphatic rings. The van der Waals surface area contributed by atoms with Crippen molar-refractivity contribution in [1.29, 1.82) is 0 Å². The van der Waals surface area contributed by atoms with E-state index in [0.29, 0.717) is 0 Å². The maximum Gasteiger partial charge on any atom is 0.144 e. The third kappa shape index (κ3) is 2.84. The molecule has 0 amide bonds. The van der Waals surface area contributed by atoms with Gasteiger partial charge in [-0.2, -0.15) is 0 Å². The number of aromatic nitrogens is 2. The maximum atomic E-state index is 4.19. The second kappa shape index (κ2) is 5.44. The summed E-state index contributed by atoms with van der Waals surface area (Å²) < 4.78 is 0.955. The van der Waals surface area contributed by atoms with Crippen LogP contribution in [0, 0.1) is 0 Å². The molecule has 0 atom stereocenters. The Morgan fingerprint density at radius 2 is 2.31 bits per heavy atom. The van der Waals surface area contributed by atoms with Gasteiger partial charge in [0.15, 0.2) is 0 Å². The maximum absolute atomic E-state index is 4.19. The summed E-state index contributed by atoms with van der Waals surface area (Å²) in [5.74, 6) is 1.92. The van der Waals surface area contributed by atoms with E-state index in [-0.39, 0.29) is 0 Å². The van der Waals surface area contributed by atoms with Crippen LogP contribution in [0.1, 0.15) is 13.3 Å². The fourth-order valence-corrected chi connectivity index (χ4v) is 2.32. The van der Waals surface area contributed by atoms with Crippen LogP contribution in [-0.4, -0.2) is 22.8 Å². The van der Waals surface area contributed by atoms with Crippen LogP contribution in [0.2, 0.25) is 0 Å². The molecule has 0 bridgehead atoms. The second-order valence-corrected chi connectivity index (χ2v) is 4.32. The van der Waals surface area contributed by atoms with Gasteiger partial charge >= 0.3 is 0 Å². The van der Waals surface area contributed by atoms with Crippen molar-refractivity contribution >= 4 is 33.5 Å². The first kappa shape index (κ1) is 10.8. The molecule has 5 heteroatoms. The van der Waals surface area contributed by atoms with E-state index in [2.05, 4.69) is 38.1 Å². The van der Waals surface area contributed by atoms with Gasteiger partial charge in [0.05, 0.1) is 4.47 Å². The van der Waals surface area contributed by atoms with E-state index < -0.39 is 0 Å². The van der Waals surface area contributed by atoms with Crippen LogP contribution in [0.15, 0.2) is 15.8 Å². The topological polar surface area (TPSA) is 37.8 Å². The number of halogens is 1. The lowest BCUT2D eigenvalue weighted by atomic mass is 10.6. The minimum Gasteiger partial charge on any atom is -0.372 e. The van der Waals surface area contributed by atoms with Gasteiger partial charge in [-0.3, -0.25) is 0 Å². The molecule has 0 spiro atoms. The van der Waals surface area contributed by atoms with Gasteiger partial charge in [0.25, 0.3) is 0 Å². The van der Waals surface area contributed by atoms with Crippen molar-refractivity contribution in [3.8, 4) is 0 Å². The Bertz CT molecular complexity index is 280. The number of thioether (sulfide) groups is 1. The van der Waals surface area contributed by atoms with E-state index >= 15 is 0 Å². The fraction of sp³-hybridized carbons (Fsp3) is 0.500. The standard InChI is InChI=1S/C8H12BrN3S/c1-3-4-13-8-6(9)7(10-2)11-5-12-8/h5H,3-4H2,1-2H3,(H,10,11,12). The summed E-state index contributed by atoms with van der Waals surface area (Å²) in [6.07, 6.45) is 2.73. The molecular formula is C8H12BrN3S. The van der Waals surface area contributed by atoms with Crippen LogP contribution in [-0.2, 0) is 0 Å². The summed E-state index contributed by atoms with van der Waals surface area (Å²) in [6.45, 7) is 2.15. The van der Waals surface area contributed by atoms with E-state index in [1.807, 2.05) is 7.05 Å². The van der Waals surface area contributed by atoms with Crippen LogP contribution in [0.25, 0.3) is 0 Å². The molecular weight excluding hydrogens is 250 g/mol. The first-order valence-electron chi connectivity index (χ1n) is 4.10. The van der Waals surface area contributed by atoms with Gasteiger partial charge in [-0.15, -0.1) is 11.8 Å². The number of hydrogen-bond acceptors (Lipinski definition) is 4. The van der Waals surface area contributed by atoms with Gasteiger partial charge in [0.1, 0.15) is 17.2 Å². The molecule has 0 saturated carbocycles. The highest BCUT2D eigenvalue weighted by Crippen LogP contribution is 2.29. The molecule has 3 nitrogen and oxygen atoms in total. The van der Waals surface area contributed by atoms with Gasteiger partial charge < -0.3 is 5.32 Å². The Kier molecular flexibility index (Phi) is 4.52. The molecule has 1 rings (SSSR count). The van der Waals surface area contributed by atoms with Crippen molar-refractivity contribution in [2.45, 2.75) is 18.4 Å². The molecule has 13 heavy (non-hydrogen) atoms. The van der Waals surface area contributed by atoms with Gasteiger partial charge in [-0.1, -0.05) is 6.92 Å². The van der Waals surface area contributed by atoms with Crippen LogP contribution < -0.4 is 5.32 Å². The molecule has 72 valence electrons. The highest BCUT2D eigenvalue weighted by atomic mass is 79.9. The van der Waals surface area contributed by atoms with Crippen molar-refractivity contribution in [2.75, 3.05) is 18.1 Å². The zero-order valence-corrected chi connectivity index (χ0v) is 10.1. The van der Waals surface area contributed by atoms with Gasteiger partial charge in [0.2, 0.25) is 0 Å². The molecule has 1 N–H and O–H groups in total. The number of hydrogen-bond donors (Lipinski definition) is 1. The first-order chi connectivity index (χ1) is 6.29. The number of anilines is 1. The Balaban J connectivity index is 2.81. The number of nitrogens with zero attached hydrogens (tertiary/aromatic N) is 2. The van der Waals surface area contributed by atoms with Crippen molar-refractivity contribution in [2.24, 2.45) is 0 Å². The molecule has 0 radical (unpaired) electrons. The smallest absolute Gasteiger partial charge is 0.144 e. The normalized spacial score (nSPS) is 10.1. The minimum absolute atomic E-state index is 0.841. The Hall–Kier alpha value is -0.290. The lowest BCUT2D eigenvalue weighted by Crippen LogP contribution is -1.96. The molecule has 0 unspecified atom stereocenters. The van der Waals surface area contributed by atoms with Crippen LogP contribution >= 0.6 is 27.7 Å². The second-order valence-electron chi connectivity index (χ2n) is 2.44. The first-order valence-corrected chi connectivity index (χ1v) is 5.88. The molecule has 1 heterocycles.